The molecule has 164 valence electrons. The molecule has 4 aromatic heterocycles. The van der Waals surface area contributed by atoms with Crippen molar-refractivity contribution in [1.29, 1.82) is 0 Å². The first kappa shape index (κ1) is 18.6. The molecule has 0 amide bonds. The van der Waals surface area contributed by atoms with Gasteiger partial charge >= 0.3 is 0 Å². The van der Waals surface area contributed by atoms with Crippen LogP contribution in [0.15, 0.2) is 120 Å². The predicted octanol–water partition coefficient (Wildman–Crippen LogP) is 8.00. The number of imidazole rings is 1. The fraction of sp³-hybridized carbons (Fsp3) is 0. The molecule has 4 aromatic carbocycles. The fourth-order valence-corrected chi connectivity index (χ4v) is 5.39. The van der Waals surface area contributed by atoms with E-state index >= 15 is 0 Å². The van der Waals surface area contributed by atoms with Crippen LogP contribution in [0.2, 0.25) is 0 Å². The van der Waals surface area contributed by atoms with Crippen molar-refractivity contribution in [3.63, 3.8) is 0 Å². The Hall–Kier alpha value is -4.83. The minimum absolute atomic E-state index is 0.917. The van der Waals surface area contributed by atoms with E-state index in [-0.39, 0.29) is 0 Å². The summed E-state index contributed by atoms with van der Waals surface area (Å²) in [5.41, 5.74) is 8.22. The molecule has 0 spiro atoms. The number of aromatic nitrogens is 3. The van der Waals surface area contributed by atoms with Gasteiger partial charge in [0.1, 0.15) is 16.8 Å². The van der Waals surface area contributed by atoms with Crippen molar-refractivity contribution in [3.05, 3.63) is 116 Å². The molecular weight excluding hydrogens is 430 g/mol. The lowest BCUT2D eigenvalue weighted by Crippen LogP contribution is -1.94. The van der Waals surface area contributed by atoms with Crippen LogP contribution < -0.4 is 0 Å². The minimum atomic E-state index is 0.917. The molecular formula is C31H19N3O. The average Bonchev–Trinajstić information content (AvgIpc) is 3.60. The summed E-state index contributed by atoms with van der Waals surface area (Å²) in [6.45, 7) is 0. The Morgan fingerprint density at radius 3 is 2.46 bits per heavy atom. The van der Waals surface area contributed by atoms with Gasteiger partial charge in [-0.1, -0.05) is 54.6 Å². The van der Waals surface area contributed by atoms with Crippen LogP contribution in [0.25, 0.3) is 66.3 Å². The third kappa shape index (κ3) is 2.59. The number of nitrogens with zero attached hydrogens (tertiary/aromatic N) is 3. The van der Waals surface area contributed by atoms with Gasteiger partial charge in [-0.2, -0.15) is 0 Å². The number of pyridine rings is 1. The highest BCUT2D eigenvalue weighted by Crippen LogP contribution is 2.40. The van der Waals surface area contributed by atoms with E-state index in [1.54, 1.807) is 0 Å². The third-order valence-electron chi connectivity index (χ3n) is 6.94. The summed E-state index contributed by atoms with van der Waals surface area (Å²) in [4.78, 5) is 4.83. The van der Waals surface area contributed by atoms with E-state index in [0.29, 0.717) is 0 Å². The van der Waals surface area contributed by atoms with Crippen molar-refractivity contribution < 1.29 is 4.42 Å². The second-order valence-electron chi connectivity index (χ2n) is 8.93. The van der Waals surface area contributed by atoms with E-state index in [4.69, 9.17) is 9.40 Å². The molecule has 0 unspecified atom stereocenters. The second kappa shape index (κ2) is 6.84. The van der Waals surface area contributed by atoms with Crippen molar-refractivity contribution in [2.45, 2.75) is 0 Å². The highest BCUT2D eigenvalue weighted by Gasteiger charge is 2.18. The van der Waals surface area contributed by atoms with Gasteiger partial charge in [-0.15, -0.1) is 0 Å². The van der Waals surface area contributed by atoms with Gasteiger partial charge in [-0.05, 0) is 48.5 Å². The first-order valence-electron chi connectivity index (χ1n) is 11.7. The lowest BCUT2D eigenvalue weighted by molar-refractivity contribution is 0.673. The largest absolute Gasteiger partial charge is 0.455 e. The normalized spacial score (nSPS) is 12.0. The van der Waals surface area contributed by atoms with E-state index in [9.17, 15) is 0 Å². The topological polar surface area (TPSA) is 35.4 Å². The van der Waals surface area contributed by atoms with Crippen LogP contribution in [0.5, 0.6) is 0 Å². The van der Waals surface area contributed by atoms with E-state index in [1.807, 2.05) is 36.5 Å². The van der Waals surface area contributed by atoms with Crippen molar-refractivity contribution >= 4 is 49.4 Å². The number of hydrogen-bond acceptors (Lipinski definition) is 2. The lowest BCUT2D eigenvalue weighted by atomic mass is 10.1. The van der Waals surface area contributed by atoms with Crippen molar-refractivity contribution in [3.8, 4) is 16.9 Å². The maximum atomic E-state index is 6.42. The van der Waals surface area contributed by atoms with Gasteiger partial charge in [0.15, 0.2) is 0 Å². The zero-order valence-electron chi connectivity index (χ0n) is 18.7. The van der Waals surface area contributed by atoms with Crippen LogP contribution in [-0.4, -0.2) is 14.0 Å². The first-order chi connectivity index (χ1) is 17.3. The number of benzene rings is 4. The Kier molecular flexibility index (Phi) is 3.63. The Morgan fingerprint density at radius 1 is 0.657 bits per heavy atom. The Labute approximate surface area is 200 Å². The summed E-state index contributed by atoms with van der Waals surface area (Å²) < 4.78 is 10.8. The van der Waals surface area contributed by atoms with Crippen LogP contribution in [-0.2, 0) is 0 Å². The molecule has 0 saturated heterocycles. The summed E-state index contributed by atoms with van der Waals surface area (Å²) in [5, 5.41) is 4.63. The summed E-state index contributed by atoms with van der Waals surface area (Å²) in [7, 11) is 0. The number of furan rings is 1. The zero-order chi connectivity index (χ0) is 22.9. The molecule has 0 bridgehead atoms. The molecule has 0 fully saturated rings. The second-order valence-corrected chi connectivity index (χ2v) is 8.93. The molecule has 35 heavy (non-hydrogen) atoms. The Bertz CT molecular complexity index is 2040. The number of fused-ring (bicyclic) bond motifs is 8. The summed E-state index contributed by atoms with van der Waals surface area (Å²) >= 11 is 0. The van der Waals surface area contributed by atoms with E-state index in [0.717, 1.165) is 61.0 Å². The molecule has 0 saturated carbocycles. The molecule has 4 nitrogen and oxygen atoms in total. The van der Waals surface area contributed by atoms with E-state index in [2.05, 4.69) is 88.0 Å². The number of hydrogen-bond donors (Lipinski definition) is 0. The Morgan fingerprint density at radius 2 is 1.51 bits per heavy atom. The van der Waals surface area contributed by atoms with Gasteiger partial charge < -0.3 is 13.4 Å². The van der Waals surface area contributed by atoms with Crippen LogP contribution in [0.3, 0.4) is 0 Å². The van der Waals surface area contributed by atoms with Crippen LogP contribution in [0.4, 0.5) is 0 Å². The lowest BCUT2D eigenvalue weighted by Gasteiger charge is -2.09. The molecule has 4 heterocycles. The highest BCUT2D eigenvalue weighted by atomic mass is 16.3. The zero-order valence-corrected chi connectivity index (χ0v) is 18.7. The molecule has 8 aromatic rings. The SMILES string of the molecule is c1cc(-c2cn3ccccc3n2)cc(-n2c3ccccc3c3c4oc5ccccc5c4ccc32)c1. The molecule has 0 aliphatic carbocycles. The van der Waals surface area contributed by atoms with Gasteiger partial charge in [0.25, 0.3) is 0 Å². The molecule has 0 radical (unpaired) electrons. The average molecular weight is 450 g/mol. The number of para-hydroxylation sites is 2. The fourth-order valence-electron chi connectivity index (χ4n) is 5.39. The van der Waals surface area contributed by atoms with Gasteiger partial charge in [-0.3, -0.25) is 0 Å². The summed E-state index contributed by atoms with van der Waals surface area (Å²) in [6, 6.07) is 35.9. The maximum Gasteiger partial charge on any atom is 0.145 e. The van der Waals surface area contributed by atoms with Gasteiger partial charge in [0, 0.05) is 39.8 Å². The summed E-state index contributed by atoms with van der Waals surface area (Å²) in [5.74, 6) is 0. The van der Waals surface area contributed by atoms with Gasteiger partial charge in [0.05, 0.1) is 22.1 Å². The molecule has 4 heteroatoms. The highest BCUT2D eigenvalue weighted by molar-refractivity contribution is 6.23. The van der Waals surface area contributed by atoms with E-state index in [1.165, 1.54) is 5.39 Å². The third-order valence-corrected chi connectivity index (χ3v) is 6.94. The predicted molar refractivity (Wildman–Crippen MR) is 142 cm³/mol. The monoisotopic (exact) mass is 449 g/mol. The standard InChI is InChI=1S/C31H19N3O/c1-3-12-26-24(11-1)30-27(16-15-23-22-10-2-4-13-28(22)35-31(23)30)34(26)21-9-7-8-20(18-21)25-19-33-17-6-5-14-29(33)32-25/h1-19H. The Balaban J connectivity index is 1.43. The summed E-state index contributed by atoms with van der Waals surface area (Å²) in [6.07, 6.45) is 4.11. The molecule has 0 aliphatic heterocycles. The van der Waals surface area contributed by atoms with Gasteiger partial charge in [0.2, 0.25) is 0 Å². The minimum Gasteiger partial charge on any atom is -0.455 e. The maximum absolute atomic E-state index is 6.42. The van der Waals surface area contributed by atoms with Gasteiger partial charge in [-0.25, -0.2) is 4.98 Å². The molecule has 0 N–H and O–H groups in total. The van der Waals surface area contributed by atoms with Crippen molar-refractivity contribution in [2.24, 2.45) is 0 Å². The number of rotatable bonds is 2. The van der Waals surface area contributed by atoms with Crippen molar-refractivity contribution in [2.75, 3.05) is 0 Å². The van der Waals surface area contributed by atoms with E-state index < -0.39 is 0 Å². The van der Waals surface area contributed by atoms with Crippen molar-refractivity contribution in [1.82, 2.24) is 14.0 Å². The van der Waals surface area contributed by atoms with Crippen LogP contribution in [0.1, 0.15) is 0 Å². The van der Waals surface area contributed by atoms with Crippen LogP contribution in [0, 0.1) is 0 Å². The van der Waals surface area contributed by atoms with Crippen LogP contribution >= 0.6 is 0 Å². The molecule has 8 rings (SSSR count). The molecule has 0 atom stereocenters. The quantitative estimate of drug-likeness (QED) is 0.268. The smallest absolute Gasteiger partial charge is 0.145 e. The molecule has 0 aliphatic rings. The first-order valence-corrected chi connectivity index (χ1v) is 11.7.